The molecule has 3 heterocycles. The van der Waals surface area contributed by atoms with Crippen molar-refractivity contribution in [1.82, 2.24) is 29.8 Å². The van der Waals surface area contributed by atoms with Crippen LogP contribution in [0.3, 0.4) is 0 Å². The number of aromatic nitrogens is 4. The summed E-state index contributed by atoms with van der Waals surface area (Å²) in [4.78, 5) is 23.5. The predicted octanol–water partition coefficient (Wildman–Crippen LogP) is 2.01. The number of nitrogens with zero attached hydrogens (tertiary/aromatic N) is 5. The fourth-order valence-electron chi connectivity index (χ4n) is 3.63. The van der Waals surface area contributed by atoms with Crippen molar-refractivity contribution in [1.29, 1.82) is 0 Å². The second kappa shape index (κ2) is 7.93. The zero-order valence-corrected chi connectivity index (χ0v) is 16.1. The van der Waals surface area contributed by atoms with Crippen molar-refractivity contribution in [3.05, 3.63) is 53.6 Å². The van der Waals surface area contributed by atoms with Crippen LogP contribution in [0.15, 0.2) is 36.5 Å². The molecule has 1 aromatic carbocycles. The monoisotopic (exact) mass is 380 g/mol. The van der Waals surface area contributed by atoms with E-state index in [1.807, 2.05) is 31.2 Å². The van der Waals surface area contributed by atoms with Gasteiger partial charge in [0.15, 0.2) is 0 Å². The summed E-state index contributed by atoms with van der Waals surface area (Å²) < 4.78 is 6.95. The van der Waals surface area contributed by atoms with Gasteiger partial charge in [0.2, 0.25) is 5.82 Å². The van der Waals surface area contributed by atoms with E-state index in [0.717, 1.165) is 30.1 Å². The van der Waals surface area contributed by atoms with Gasteiger partial charge in [-0.3, -0.25) is 9.69 Å². The van der Waals surface area contributed by atoms with Gasteiger partial charge in [-0.15, -0.1) is 5.10 Å². The van der Waals surface area contributed by atoms with E-state index in [9.17, 15) is 4.79 Å². The molecule has 0 aliphatic carbocycles. The zero-order chi connectivity index (χ0) is 19.5. The topological polar surface area (TPSA) is 84.6 Å². The average Bonchev–Trinajstić information content (AvgIpc) is 3.39. The van der Waals surface area contributed by atoms with Gasteiger partial charge in [-0.1, -0.05) is 12.1 Å². The molecule has 28 heavy (non-hydrogen) atoms. The number of fused-ring (bicyclic) bond motifs is 1. The number of likely N-dealkylation sites (tertiary alicyclic amines) is 1. The van der Waals surface area contributed by atoms with Gasteiger partial charge in [-0.2, -0.15) is 4.98 Å². The van der Waals surface area contributed by atoms with Crippen LogP contribution in [0.2, 0.25) is 0 Å². The molecule has 1 aliphatic heterocycles. The molecule has 0 saturated carbocycles. The van der Waals surface area contributed by atoms with E-state index < -0.39 is 0 Å². The number of hydrogen-bond acceptors (Lipinski definition) is 6. The Hall–Kier alpha value is -3.00. The lowest BCUT2D eigenvalue weighted by Gasteiger charge is -2.28. The molecule has 0 spiro atoms. The molecule has 4 rings (SSSR count). The Bertz CT molecular complexity index is 980. The van der Waals surface area contributed by atoms with Crippen molar-refractivity contribution in [2.24, 2.45) is 0 Å². The smallest absolute Gasteiger partial charge is 0.291 e. The molecule has 0 bridgehead atoms. The molecule has 8 nitrogen and oxygen atoms in total. The molecule has 1 N–H and O–H groups in total. The minimum atomic E-state index is -0.294. The molecular formula is C20H24N6O2. The minimum Gasteiger partial charge on any atom is -0.497 e. The SMILES string of the molecule is COc1cccc(C(CNC(=O)c2nc3nccc(C)n3n2)N2CCCC2)c1. The van der Waals surface area contributed by atoms with E-state index in [0.29, 0.717) is 12.3 Å². The first kappa shape index (κ1) is 18.4. The fraction of sp³-hybridized carbons (Fsp3) is 0.400. The van der Waals surface area contributed by atoms with E-state index in [1.54, 1.807) is 17.8 Å². The summed E-state index contributed by atoms with van der Waals surface area (Å²) in [7, 11) is 1.66. The molecule has 1 atom stereocenters. The Labute approximate surface area is 163 Å². The molecule has 3 aromatic rings. The summed E-state index contributed by atoms with van der Waals surface area (Å²) in [5.74, 6) is 1.08. The van der Waals surface area contributed by atoms with Gasteiger partial charge in [0.1, 0.15) is 5.75 Å². The lowest BCUT2D eigenvalue weighted by Crippen LogP contribution is -2.37. The number of carbonyl (C=O) groups excluding carboxylic acids is 1. The van der Waals surface area contributed by atoms with E-state index in [4.69, 9.17) is 4.74 Å². The number of nitrogens with one attached hydrogen (secondary N) is 1. The maximum absolute atomic E-state index is 12.7. The van der Waals surface area contributed by atoms with Crippen LogP contribution in [0.1, 0.15) is 40.8 Å². The highest BCUT2D eigenvalue weighted by molar-refractivity contribution is 5.90. The van der Waals surface area contributed by atoms with Crippen molar-refractivity contribution in [2.75, 3.05) is 26.7 Å². The minimum absolute atomic E-state index is 0.0819. The standard InChI is InChI=1S/C20H24N6O2/c1-14-8-9-21-20-23-18(24-26(14)20)19(27)22-13-17(25-10-3-4-11-25)15-6-5-7-16(12-15)28-2/h5-9,12,17H,3-4,10-11,13H2,1-2H3,(H,22,27). The highest BCUT2D eigenvalue weighted by Gasteiger charge is 2.25. The van der Waals surface area contributed by atoms with Gasteiger partial charge >= 0.3 is 0 Å². The van der Waals surface area contributed by atoms with Crippen LogP contribution in [0, 0.1) is 6.92 Å². The normalized spacial score (nSPS) is 15.6. The molecular weight excluding hydrogens is 356 g/mol. The molecule has 2 aromatic heterocycles. The number of carbonyl (C=O) groups is 1. The van der Waals surface area contributed by atoms with Crippen LogP contribution in [0.4, 0.5) is 0 Å². The number of methoxy groups -OCH3 is 1. The highest BCUT2D eigenvalue weighted by atomic mass is 16.5. The average molecular weight is 380 g/mol. The largest absolute Gasteiger partial charge is 0.497 e. The van der Waals surface area contributed by atoms with Crippen LogP contribution in [-0.2, 0) is 0 Å². The third-order valence-corrected chi connectivity index (χ3v) is 5.15. The molecule has 146 valence electrons. The summed E-state index contributed by atoms with van der Waals surface area (Å²) in [5.41, 5.74) is 2.00. The van der Waals surface area contributed by atoms with Crippen LogP contribution >= 0.6 is 0 Å². The van der Waals surface area contributed by atoms with E-state index in [2.05, 4.69) is 31.3 Å². The van der Waals surface area contributed by atoms with Crippen molar-refractivity contribution >= 4 is 11.7 Å². The summed E-state index contributed by atoms with van der Waals surface area (Å²) in [5, 5.41) is 7.29. The molecule has 1 fully saturated rings. The van der Waals surface area contributed by atoms with Gasteiger partial charge in [0.05, 0.1) is 13.2 Å². The highest BCUT2D eigenvalue weighted by Crippen LogP contribution is 2.27. The Balaban J connectivity index is 1.53. The van der Waals surface area contributed by atoms with Crippen molar-refractivity contribution < 1.29 is 9.53 Å². The quantitative estimate of drug-likeness (QED) is 0.704. The first-order valence-corrected chi connectivity index (χ1v) is 9.50. The predicted molar refractivity (Wildman–Crippen MR) is 104 cm³/mol. The van der Waals surface area contributed by atoms with Crippen LogP contribution in [-0.4, -0.2) is 57.1 Å². The Morgan fingerprint density at radius 3 is 2.86 bits per heavy atom. The maximum Gasteiger partial charge on any atom is 0.291 e. The summed E-state index contributed by atoms with van der Waals surface area (Å²) in [6, 6.07) is 9.93. The second-order valence-electron chi connectivity index (χ2n) is 6.98. The number of benzene rings is 1. The van der Waals surface area contributed by atoms with Crippen LogP contribution in [0.25, 0.3) is 5.78 Å². The van der Waals surface area contributed by atoms with Crippen LogP contribution < -0.4 is 10.1 Å². The van der Waals surface area contributed by atoms with Gasteiger partial charge in [0, 0.05) is 18.4 Å². The van der Waals surface area contributed by atoms with Crippen molar-refractivity contribution in [3.8, 4) is 5.75 Å². The Morgan fingerprint density at radius 1 is 1.29 bits per heavy atom. The Kier molecular flexibility index (Phi) is 5.21. The number of amides is 1. The van der Waals surface area contributed by atoms with Crippen molar-refractivity contribution in [2.45, 2.75) is 25.8 Å². The van der Waals surface area contributed by atoms with E-state index >= 15 is 0 Å². The first-order chi connectivity index (χ1) is 13.7. The maximum atomic E-state index is 12.7. The molecule has 0 radical (unpaired) electrons. The lowest BCUT2D eigenvalue weighted by molar-refractivity contribution is 0.0927. The number of rotatable bonds is 6. The van der Waals surface area contributed by atoms with E-state index in [1.165, 1.54) is 12.8 Å². The number of ether oxygens (including phenoxy) is 1. The number of hydrogen-bond donors (Lipinski definition) is 1. The van der Waals surface area contributed by atoms with Crippen molar-refractivity contribution in [3.63, 3.8) is 0 Å². The molecule has 1 saturated heterocycles. The van der Waals surface area contributed by atoms with Gasteiger partial charge in [-0.05, 0) is 56.6 Å². The van der Waals surface area contributed by atoms with E-state index in [-0.39, 0.29) is 17.8 Å². The molecule has 1 amide bonds. The fourth-order valence-corrected chi connectivity index (χ4v) is 3.63. The third kappa shape index (κ3) is 3.68. The number of aryl methyl sites for hydroxylation is 1. The Morgan fingerprint density at radius 2 is 2.11 bits per heavy atom. The van der Waals surface area contributed by atoms with Crippen LogP contribution in [0.5, 0.6) is 5.75 Å². The summed E-state index contributed by atoms with van der Waals surface area (Å²) in [6.07, 6.45) is 4.01. The van der Waals surface area contributed by atoms with Gasteiger partial charge in [0.25, 0.3) is 11.7 Å². The molecule has 1 unspecified atom stereocenters. The molecule has 1 aliphatic rings. The third-order valence-electron chi connectivity index (χ3n) is 5.15. The summed E-state index contributed by atoms with van der Waals surface area (Å²) in [6.45, 7) is 4.42. The molecule has 8 heteroatoms. The second-order valence-corrected chi connectivity index (χ2v) is 6.98. The zero-order valence-electron chi connectivity index (χ0n) is 16.1. The van der Waals surface area contributed by atoms with Gasteiger partial charge in [-0.25, -0.2) is 9.50 Å². The summed E-state index contributed by atoms with van der Waals surface area (Å²) >= 11 is 0. The lowest BCUT2D eigenvalue weighted by atomic mass is 10.0. The first-order valence-electron chi connectivity index (χ1n) is 9.50. The van der Waals surface area contributed by atoms with Gasteiger partial charge < -0.3 is 10.1 Å².